The van der Waals surface area contributed by atoms with E-state index >= 15 is 0 Å². The fourth-order valence-electron chi connectivity index (χ4n) is 0.971. The van der Waals surface area contributed by atoms with Crippen LogP contribution in [0.15, 0.2) is 12.2 Å². The van der Waals surface area contributed by atoms with Crippen LogP contribution in [0.4, 0.5) is 0 Å². The highest BCUT2D eigenvalue weighted by Crippen LogP contribution is 2.15. The molecular formula is C7H13N. The van der Waals surface area contributed by atoms with Gasteiger partial charge in [0.2, 0.25) is 0 Å². The van der Waals surface area contributed by atoms with Crippen molar-refractivity contribution in [3.8, 4) is 0 Å². The fourth-order valence-corrected chi connectivity index (χ4v) is 0.971. The maximum absolute atomic E-state index is 5.73. The quantitative estimate of drug-likeness (QED) is 0.468. The van der Waals surface area contributed by atoms with Gasteiger partial charge in [0, 0.05) is 6.04 Å². The van der Waals surface area contributed by atoms with Crippen molar-refractivity contribution in [1.29, 1.82) is 0 Å². The van der Waals surface area contributed by atoms with E-state index in [0.29, 0.717) is 12.0 Å². The molecule has 0 aromatic rings. The zero-order valence-electron chi connectivity index (χ0n) is 5.30. The zero-order valence-corrected chi connectivity index (χ0v) is 5.30. The number of hydrogen-bond acceptors (Lipinski definition) is 1. The van der Waals surface area contributed by atoms with E-state index in [-0.39, 0.29) is 0 Å². The lowest BCUT2D eigenvalue weighted by Gasteiger charge is -2.19. The Balaban J connectivity index is 2.44. The van der Waals surface area contributed by atoms with Gasteiger partial charge in [-0.2, -0.15) is 0 Å². The van der Waals surface area contributed by atoms with E-state index in [1.807, 2.05) is 0 Å². The van der Waals surface area contributed by atoms with Crippen molar-refractivity contribution in [1.82, 2.24) is 0 Å². The Hall–Kier alpha value is -0.300. The van der Waals surface area contributed by atoms with Crippen molar-refractivity contribution in [2.24, 2.45) is 11.7 Å². The predicted octanol–water partition coefficient (Wildman–Crippen LogP) is 1.30. The van der Waals surface area contributed by atoms with Crippen molar-refractivity contribution in [2.75, 3.05) is 0 Å². The van der Waals surface area contributed by atoms with Gasteiger partial charge in [0.25, 0.3) is 0 Å². The lowest BCUT2D eigenvalue weighted by Crippen LogP contribution is -2.28. The van der Waals surface area contributed by atoms with Gasteiger partial charge in [0.15, 0.2) is 0 Å². The fraction of sp³-hybridized carbons (Fsp3) is 0.714. The first-order valence-electron chi connectivity index (χ1n) is 3.21. The van der Waals surface area contributed by atoms with Gasteiger partial charge < -0.3 is 5.73 Å². The third kappa shape index (κ3) is 1.10. The van der Waals surface area contributed by atoms with E-state index in [1.165, 1.54) is 6.42 Å². The first-order chi connectivity index (χ1) is 3.80. The molecule has 1 nitrogen and oxygen atoms in total. The number of nitrogens with two attached hydrogens (primary N) is 1. The minimum atomic E-state index is 0.417. The Morgan fingerprint density at radius 1 is 1.38 bits per heavy atom. The van der Waals surface area contributed by atoms with E-state index in [2.05, 4.69) is 19.1 Å². The molecule has 0 bridgehead atoms. The number of rotatable bonds is 0. The highest BCUT2D eigenvalue weighted by molar-refractivity contribution is 4.94. The monoisotopic (exact) mass is 111 g/mol. The normalized spacial score (nSPS) is 37.8. The molecule has 46 valence electrons. The lowest BCUT2D eigenvalue weighted by atomic mass is 9.92. The largest absolute Gasteiger partial charge is 0.327 e. The van der Waals surface area contributed by atoms with E-state index in [0.717, 1.165) is 6.42 Å². The van der Waals surface area contributed by atoms with E-state index in [9.17, 15) is 0 Å². The summed E-state index contributed by atoms with van der Waals surface area (Å²) in [7, 11) is 0. The van der Waals surface area contributed by atoms with Crippen LogP contribution < -0.4 is 5.73 Å². The van der Waals surface area contributed by atoms with Crippen LogP contribution in [0.1, 0.15) is 19.8 Å². The standard InChI is InChI=1S/C7H13N/c1-6-4-2-3-5-7(6)8/h2-3,6-7H,4-5,8H2,1H3. The molecular weight excluding hydrogens is 98.1 g/mol. The Morgan fingerprint density at radius 2 is 2.00 bits per heavy atom. The second-order valence-electron chi connectivity index (χ2n) is 2.58. The molecule has 1 aliphatic carbocycles. The van der Waals surface area contributed by atoms with Crippen molar-refractivity contribution in [2.45, 2.75) is 25.8 Å². The third-order valence-electron chi connectivity index (χ3n) is 1.81. The summed E-state index contributed by atoms with van der Waals surface area (Å²) in [6, 6.07) is 0.417. The average Bonchev–Trinajstić information content (AvgIpc) is 1.77. The van der Waals surface area contributed by atoms with Gasteiger partial charge in [-0.3, -0.25) is 0 Å². The Bertz CT molecular complexity index is 84.6. The van der Waals surface area contributed by atoms with Gasteiger partial charge in [-0.05, 0) is 18.8 Å². The summed E-state index contributed by atoms with van der Waals surface area (Å²) < 4.78 is 0. The van der Waals surface area contributed by atoms with E-state index in [1.54, 1.807) is 0 Å². The molecule has 0 amide bonds. The molecule has 2 atom stereocenters. The van der Waals surface area contributed by atoms with Crippen LogP contribution in [-0.4, -0.2) is 6.04 Å². The number of hydrogen-bond donors (Lipinski definition) is 1. The summed E-state index contributed by atoms with van der Waals surface area (Å²) in [4.78, 5) is 0. The predicted molar refractivity (Wildman–Crippen MR) is 35.5 cm³/mol. The smallest absolute Gasteiger partial charge is 0.0102 e. The molecule has 1 aliphatic rings. The second kappa shape index (κ2) is 2.31. The first-order valence-corrected chi connectivity index (χ1v) is 3.21. The Morgan fingerprint density at radius 3 is 2.38 bits per heavy atom. The van der Waals surface area contributed by atoms with Gasteiger partial charge >= 0.3 is 0 Å². The van der Waals surface area contributed by atoms with E-state index in [4.69, 9.17) is 5.73 Å². The van der Waals surface area contributed by atoms with Crippen LogP contribution in [-0.2, 0) is 0 Å². The maximum Gasteiger partial charge on any atom is 0.0102 e. The van der Waals surface area contributed by atoms with Crippen LogP contribution >= 0.6 is 0 Å². The van der Waals surface area contributed by atoms with Crippen LogP contribution in [0.3, 0.4) is 0 Å². The molecule has 1 heteroatoms. The minimum absolute atomic E-state index is 0.417. The minimum Gasteiger partial charge on any atom is -0.327 e. The zero-order chi connectivity index (χ0) is 5.98. The van der Waals surface area contributed by atoms with Gasteiger partial charge in [0.05, 0.1) is 0 Å². The topological polar surface area (TPSA) is 26.0 Å². The molecule has 2 N–H and O–H groups in total. The third-order valence-corrected chi connectivity index (χ3v) is 1.81. The molecule has 0 spiro atoms. The van der Waals surface area contributed by atoms with Crippen molar-refractivity contribution < 1.29 is 0 Å². The van der Waals surface area contributed by atoms with Crippen molar-refractivity contribution in [3.63, 3.8) is 0 Å². The summed E-state index contributed by atoms with van der Waals surface area (Å²) in [6.45, 7) is 2.20. The molecule has 2 unspecified atom stereocenters. The van der Waals surface area contributed by atoms with Gasteiger partial charge in [-0.25, -0.2) is 0 Å². The first kappa shape index (κ1) is 5.83. The Labute approximate surface area is 50.6 Å². The summed E-state index contributed by atoms with van der Waals surface area (Å²) in [5.41, 5.74) is 5.73. The van der Waals surface area contributed by atoms with E-state index < -0.39 is 0 Å². The van der Waals surface area contributed by atoms with Crippen LogP contribution in [0, 0.1) is 5.92 Å². The SMILES string of the molecule is CC1CC=CCC1N. The number of allylic oxidation sites excluding steroid dienone is 1. The maximum atomic E-state index is 5.73. The van der Waals surface area contributed by atoms with Crippen LogP contribution in [0.25, 0.3) is 0 Å². The lowest BCUT2D eigenvalue weighted by molar-refractivity contribution is 0.446. The molecule has 0 aliphatic heterocycles. The second-order valence-corrected chi connectivity index (χ2v) is 2.58. The van der Waals surface area contributed by atoms with Crippen molar-refractivity contribution >= 4 is 0 Å². The van der Waals surface area contributed by atoms with Crippen LogP contribution in [0.5, 0.6) is 0 Å². The molecule has 0 saturated heterocycles. The summed E-state index contributed by atoms with van der Waals surface area (Å²) in [5, 5.41) is 0. The molecule has 8 heavy (non-hydrogen) atoms. The average molecular weight is 111 g/mol. The van der Waals surface area contributed by atoms with Crippen LogP contribution in [0.2, 0.25) is 0 Å². The van der Waals surface area contributed by atoms with Gasteiger partial charge in [-0.1, -0.05) is 19.1 Å². The molecule has 1 rings (SSSR count). The summed E-state index contributed by atoms with van der Waals surface area (Å²) in [5.74, 6) is 0.694. The molecule has 0 aromatic carbocycles. The molecule has 0 heterocycles. The molecule has 0 aromatic heterocycles. The highest BCUT2D eigenvalue weighted by Gasteiger charge is 2.11. The van der Waals surface area contributed by atoms with Crippen molar-refractivity contribution in [3.05, 3.63) is 12.2 Å². The highest BCUT2D eigenvalue weighted by atomic mass is 14.6. The Kier molecular flexibility index (Phi) is 1.69. The van der Waals surface area contributed by atoms with Gasteiger partial charge in [0.1, 0.15) is 0 Å². The van der Waals surface area contributed by atoms with Gasteiger partial charge in [-0.15, -0.1) is 0 Å². The molecule has 0 saturated carbocycles. The summed E-state index contributed by atoms with van der Waals surface area (Å²) >= 11 is 0. The summed E-state index contributed by atoms with van der Waals surface area (Å²) in [6.07, 6.45) is 6.63. The molecule has 0 radical (unpaired) electrons. The molecule has 0 fully saturated rings.